The average molecular weight is 474 g/mol. The smallest absolute Gasteiger partial charge is 0.253 e. The van der Waals surface area contributed by atoms with Crippen molar-refractivity contribution in [2.45, 2.75) is 12.8 Å². The molecule has 2 amide bonds. The molecular formula is C22H24BrN3O4. The molecule has 1 aliphatic heterocycles. The zero-order valence-corrected chi connectivity index (χ0v) is 18.5. The lowest BCUT2D eigenvalue weighted by Gasteiger charge is -2.31. The molecule has 2 aromatic carbocycles. The standard InChI is InChI=1S/C22H24BrN3O4/c1-29-19-7-6-17(13-20(19)30-2)22(28)26-10-8-16(9-11-26)21(27)25-24-14-15-4-3-5-18(23)12-15/h3-7,12-14,16H,8-11H2,1-2H3,(H,25,27)/b24-14-. The number of hydrazone groups is 1. The SMILES string of the molecule is COc1ccc(C(=O)N2CCC(C(=O)N/N=C\c3cccc(Br)c3)CC2)cc1OC. The third-order valence-corrected chi connectivity index (χ3v) is 5.51. The van der Waals surface area contributed by atoms with Gasteiger partial charge in [0.15, 0.2) is 11.5 Å². The molecule has 1 N–H and O–H groups in total. The van der Waals surface area contributed by atoms with Gasteiger partial charge in [0.25, 0.3) is 5.91 Å². The van der Waals surface area contributed by atoms with Crippen molar-refractivity contribution in [3.8, 4) is 11.5 Å². The maximum absolute atomic E-state index is 12.8. The summed E-state index contributed by atoms with van der Waals surface area (Å²) in [6, 6.07) is 12.8. The molecule has 2 aromatic rings. The summed E-state index contributed by atoms with van der Waals surface area (Å²) < 4.78 is 11.4. The number of methoxy groups -OCH3 is 2. The number of carbonyl (C=O) groups is 2. The van der Waals surface area contributed by atoms with Gasteiger partial charge in [-0.1, -0.05) is 28.1 Å². The maximum atomic E-state index is 12.8. The fraction of sp³-hybridized carbons (Fsp3) is 0.318. The highest BCUT2D eigenvalue weighted by Gasteiger charge is 2.28. The normalized spacial score (nSPS) is 14.6. The van der Waals surface area contributed by atoms with Gasteiger partial charge in [0.1, 0.15) is 0 Å². The second-order valence-electron chi connectivity index (χ2n) is 6.93. The number of hydrogen-bond acceptors (Lipinski definition) is 5. The lowest BCUT2D eigenvalue weighted by molar-refractivity contribution is -0.126. The molecule has 158 valence electrons. The molecule has 0 saturated carbocycles. The number of carbonyl (C=O) groups excluding carboxylic acids is 2. The van der Waals surface area contributed by atoms with Crippen LogP contribution in [-0.2, 0) is 4.79 Å². The molecule has 1 fully saturated rings. The first-order valence-corrected chi connectivity index (χ1v) is 10.4. The van der Waals surface area contributed by atoms with Gasteiger partial charge in [0.05, 0.1) is 20.4 Å². The van der Waals surface area contributed by atoms with Crippen molar-refractivity contribution in [2.24, 2.45) is 11.0 Å². The van der Waals surface area contributed by atoms with Crippen LogP contribution in [0.5, 0.6) is 11.5 Å². The third-order valence-electron chi connectivity index (χ3n) is 5.02. The number of nitrogens with zero attached hydrogens (tertiary/aromatic N) is 2. The van der Waals surface area contributed by atoms with Crippen LogP contribution in [0.15, 0.2) is 52.0 Å². The highest BCUT2D eigenvalue weighted by atomic mass is 79.9. The van der Waals surface area contributed by atoms with Crippen LogP contribution < -0.4 is 14.9 Å². The number of amides is 2. The van der Waals surface area contributed by atoms with Crippen molar-refractivity contribution in [3.63, 3.8) is 0 Å². The fourth-order valence-corrected chi connectivity index (χ4v) is 3.76. The average Bonchev–Trinajstić information content (AvgIpc) is 2.78. The van der Waals surface area contributed by atoms with E-state index in [0.29, 0.717) is 43.0 Å². The quantitative estimate of drug-likeness (QED) is 0.514. The zero-order valence-electron chi connectivity index (χ0n) is 16.9. The van der Waals surface area contributed by atoms with Gasteiger partial charge in [-0.2, -0.15) is 5.10 Å². The number of nitrogens with one attached hydrogen (secondary N) is 1. The topological polar surface area (TPSA) is 80.2 Å². The summed E-state index contributed by atoms with van der Waals surface area (Å²) in [4.78, 5) is 26.9. The van der Waals surface area contributed by atoms with E-state index in [1.54, 1.807) is 36.4 Å². The molecule has 8 heteroatoms. The Bertz CT molecular complexity index is 940. The molecule has 1 saturated heterocycles. The minimum atomic E-state index is -0.167. The number of likely N-dealkylation sites (tertiary alicyclic amines) is 1. The van der Waals surface area contributed by atoms with E-state index in [1.165, 1.54) is 7.11 Å². The Kier molecular flexibility index (Phi) is 7.46. The number of hydrogen-bond donors (Lipinski definition) is 1. The highest BCUT2D eigenvalue weighted by molar-refractivity contribution is 9.10. The van der Waals surface area contributed by atoms with Crippen molar-refractivity contribution in [3.05, 3.63) is 58.1 Å². The van der Waals surface area contributed by atoms with Crippen LogP contribution >= 0.6 is 15.9 Å². The summed E-state index contributed by atoms with van der Waals surface area (Å²) in [5, 5.41) is 4.04. The van der Waals surface area contributed by atoms with Crippen molar-refractivity contribution in [2.75, 3.05) is 27.3 Å². The number of benzene rings is 2. The van der Waals surface area contributed by atoms with Gasteiger partial charge in [0.2, 0.25) is 5.91 Å². The fourth-order valence-electron chi connectivity index (χ4n) is 3.35. The van der Waals surface area contributed by atoms with Crippen molar-refractivity contribution in [1.82, 2.24) is 10.3 Å². The predicted molar refractivity (Wildman–Crippen MR) is 118 cm³/mol. The lowest BCUT2D eigenvalue weighted by Crippen LogP contribution is -2.42. The van der Waals surface area contributed by atoms with Gasteiger partial charge in [-0.3, -0.25) is 9.59 Å². The van der Waals surface area contributed by atoms with E-state index in [4.69, 9.17) is 9.47 Å². The summed E-state index contributed by atoms with van der Waals surface area (Å²) in [5.41, 5.74) is 4.03. The zero-order chi connectivity index (χ0) is 21.5. The summed E-state index contributed by atoms with van der Waals surface area (Å²) in [6.45, 7) is 1.03. The molecule has 0 atom stereocenters. The van der Waals surface area contributed by atoms with E-state index in [-0.39, 0.29) is 17.7 Å². The molecule has 1 heterocycles. The van der Waals surface area contributed by atoms with E-state index in [1.807, 2.05) is 24.3 Å². The Balaban J connectivity index is 1.52. The van der Waals surface area contributed by atoms with Crippen LogP contribution in [0, 0.1) is 5.92 Å². The van der Waals surface area contributed by atoms with Crippen LogP contribution in [0.25, 0.3) is 0 Å². The Morgan fingerprint density at radius 1 is 1.10 bits per heavy atom. The predicted octanol–water partition coefficient (Wildman–Crippen LogP) is 3.47. The number of piperidine rings is 1. The largest absolute Gasteiger partial charge is 0.493 e. The first-order chi connectivity index (χ1) is 14.5. The molecule has 0 aliphatic carbocycles. The van der Waals surface area contributed by atoms with Gasteiger partial charge < -0.3 is 14.4 Å². The van der Waals surface area contributed by atoms with Gasteiger partial charge in [-0.05, 0) is 48.7 Å². The minimum absolute atomic E-state index is 0.0810. The van der Waals surface area contributed by atoms with Crippen LogP contribution in [0.4, 0.5) is 0 Å². The van der Waals surface area contributed by atoms with Crippen LogP contribution in [0.2, 0.25) is 0 Å². The van der Waals surface area contributed by atoms with Gasteiger partial charge in [0, 0.05) is 29.0 Å². The molecule has 7 nitrogen and oxygen atoms in total. The molecule has 30 heavy (non-hydrogen) atoms. The first kappa shape index (κ1) is 21.8. The molecular weight excluding hydrogens is 450 g/mol. The monoisotopic (exact) mass is 473 g/mol. The number of ether oxygens (including phenoxy) is 2. The second kappa shape index (κ2) is 10.2. The molecule has 0 bridgehead atoms. The van der Waals surface area contributed by atoms with Crippen molar-refractivity contribution in [1.29, 1.82) is 0 Å². The lowest BCUT2D eigenvalue weighted by atomic mass is 9.95. The van der Waals surface area contributed by atoms with E-state index < -0.39 is 0 Å². The summed E-state index contributed by atoms with van der Waals surface area (Å²) in [7, 11) is 3.09. The molecule has 0 aromatic heterocycles. The summed E-state index contributed by atoms with van der Waals surface area (Å²) in [5.74, 6) is 0.717. The molecule has 0 unspecified atom stereocenters. The van der Waals surface area contributed by atoms with Crippen LogP contribution in [-0.4, -0.2) is 50.2 Å². The van der Waals surface area contributed by atoms with Gasteiger partial charge in [-0.15, -0.1) is 0 Å². The van der Waals surface area contributed by atoms with Crippen molar-refractivity contribution >= 4 is 34.0 Å². The molecule has 3 rings (SSSR count). The van der Waals surface area contributed by atoms with Gasteiger partial charge >= 0.3 is 0 Å². The van der Waals surface area contributed by atoms with Crippen LogP contribution in [0.3, 0.4) is 0 Å². The Morgan fingerprint density at radius 2 is 1.83 bits per heavy atom. The van der Waals surface area contributed by atoms with E-state index in [0.717, 1.165) is 10.0 Å². The van der Waals surface area contributed by atoms with E-state index in [2.05, 4.69) is 26.5 Å². The molecule has 0 spiro atoms. The summed E-state index contributed by atoms with van der Waals surface area (Å²) in [6.07, 6.45) is 2.80. The summed E-state index contributed by atoms with van der Waals surface area (Å²) >= 11 is 3.40. The van der Waals surface area contributed by atoms with E-state index >= 15 is 0 Å². The number of rotatable bonds is 6. The highest BCUT2D eigenvalue weighted by Crippen LogP contribution is 2.29. The Morgan fingerprint density at radius 3 is 2.50 bits per heavy atom. The van der Waals surface area contributed by atoms with Gasteiger partial charge in [-0.25, -0.2) is 5.43 Å². The number of halogens is 1. The van der Waals surface area contributed by atoms with Crippen LogP contribution in [0.1, 0.15) is 28.8 Å². The second-order valence-corrected chi connectivity index (χ2v) is 7.84. The minimum Gasteiger partial charge on any atom is -0.493 e. The first-order valence-electron chi connectivity index (χ1n) is 9.61. The maximum Gasteiger partial charge on any atom is 0.253 e. The Hall–Kier alpha value is -2.87. The van der Waals surface area contributed by atoms with Crippen molar-refractivity contribution < 1.29 is 19.1 Å². The molecule has 1 aliphatic rings. The third kappa shape index (κ3) is 5.38. The van der Waals surface area contributed by atoms with E-state index in [9.17, 15) is 9.59 Å². The Labute approximate surface area is 184 Å². The molecule has 0 radical (unpaired) electrons.